The van der Waals surface area contributed by atoms with Gasteiger partial charge in [0.2, 0.25) is 0 Å². The predicted molar refractivity (Wildman–Crippen MR) is 135 cm³/mol. The van der Waals surface area contributed by atoms with Gasteiger partial charge in [-0.2, -0.15) is 0 Å². The maximum atomic E-state index is 10.2. The summed E-state index contributed by atoms with van der Waals surface area (Å²) in [4.78, 5) is 4.63. The first-order valence-corrected chi connectivity index (χ1v) is 12.8. The minimum Gasteiger partial charge on any atom is -0.388 e. The van der Waals surface area contributed by atoms with Crippen molar-refractivity contribution in [3.63, 3.8) is 0 Å². The van der Waals surface area contributed by atoms with E-state index in [4.69, 9.17) is 0 Å². The molecule has 0 aromatic heterocycles. The number of fused-ring (bicyclic) bond motifs is 1. The maximum absolute atomic E-state index is 10.2. The molecule has 0 bridgehead atoms. The third kappa shape index (κ3) is 5.27. The lowest BCUT2D eigenvalue weighted by Crippen LogP contribution is -2.36. The highest BCUT2D eigenvalue weighted by atomic mass is 16.3. The van der Waals surface area contributed by atoms with Crippen LogP contribution in [0.4, 0.5) is 0 Å². The molecule has 2 unspecified atom stereocenters. The zero-order valence-electron chi connectivity index (χ0n) is 21.1. The van der Waals surface area contributed by atoms with Gasteiger partial charge in [0.1, 0.15) is 0 Å². The van der Waals surface area contributed by atoms with Crippen molar-refractivity contribution in [3.05, 3.63) is 35.5 Å². The molecule has 31 heavy (non-hydrogen) atoms. The smallest absolute Gasteiger partial charge is 0.0787 e. The third-order valence-corrected chi connectivity index (χ3v) is 8.93. The van der Waals surface area contributed by atoms with Crippen LogP contribution in [0, 0.1) is 28.6 Å². The third-order valence-electron chi connectivity index (χ3n) is 8.93. The van der Waals surface area contributed by atoms with Crippen LogP contribution >= 0.6 is 0 Å². The number of rotatable bonds is 5. The highest BCUT2D eigenvalue weighted by Crippen LogP contribution is 2.60. The molecule has 0 spiro atoms. The van der Waals surface area contributed by atoms with E-state index in [1.807, 2.05) is 7.05 Å². The van der Waals surface area contributed by atoms with E-state index in [0.29, 0.717) is 5.41 Å². The minimum absolute atomic E-state index is 0.182. The summed E-state index contributed by atoms with van der Waals surface area (Å²) in [7, 11) is 1.96. The van der Waals surface area contributed by atoms with Crippen LogP contribution in [-0.4, -0.2) is 24.0 Å². The molecular weight excluding hydrogens is 378 g/mol. The number of aliphatic hydroxyl groups excluding tert-OH is 1. The van der Waals surface area contributed by atoms with Gasteiger partial charge in [0.05, 0.1) is 6.10 Å². The molecule has 0 heterocycles. The van der Waals surface area contributed by atoms with E-state index >= 15 is 0 Å². The minimum atomic E-state index is -0.337. The van der Waals surface area contributed by atoms with E-state index in [1.54, 1.807) is 5.57 Å². The van der Waals surface area contributed by atoms with Gasteiger partial charge < -0.3 is 5.11 Å². The highest BCUT2D eigenvalue weighted by molar-refractivity contribution is 5.89. The van der Waals surface area contributed by atoms with Crippen molar-refractivity contribution < 1.29 is 5.11 Å². The van der Waals surface area contributed by atoms with E-state index < -0.39 is 0 Å². The zero-order chi connectivity index (χ0) is 22.8. The molecule has 0 aromatic rings. The number of hydrogen-bond donors (Lipinski definition) is 1. The zero-order valence-corrected chi connectivity index (χ0v) is 21.1. The molecule has 3 aliphatic rings. The SMILES string of the molecule is C=C1/C(=C\C=C2/CCC[C@@]3(C)C2CCC3[C@H](C)CCC(=NC)C(C)(C)C)CCC[C@@H]1O. The Hall–Kier alpha value is -1.15. The molecule has 3 rings (SSSR count). The van der Waals surface area contributed by atoms with E-state index in [9.17, 15) is 5.11 Å². The van der Waals surface area contributed by atoms with Crippen molar-refractivity contribution in [2.24, 2.45) is 33.6 Å². The average Bonchev–Trinajstić information content (AvgIpc) is 3.06. The quantitative estimate of drug-likeness (QED) is 0.450. The molecule has 174 valence electrons. The molecule has 0 aromatic carbocycles. The van der Waals surface area contributed by atoms with Crippen molar-refractivity contribution in [2.75, 3.05) is 7.05 Å². The van der Waals surface area contributed by atoms with Crippen LogP contribution in [0.1, 0.15) is 98.8 Å². The Morgan fingerprint density at radius 2 is 1.94 bits per heavy atom. The molecule has 3 aliphatic carbocycles. The molecular formula is C29H47NO. The number of aliphatic imine (C=N–C) groups is 1. The Bertz CT molecular complexity index is 749. The lowest BCUT2D eigenvalue weighted by atomic mass is 9.60. The van der Waals surface area contributed by atoms with Crippen LogP contribution in [0.3, 0.4) is 0 Å². The second kappa shape index (κ2) is 9.77. The molecule has 2 heteroatoms. The van der Waals surface area contributed by atoms with Gasteiger partial charge in [-0.25, -0.2) is 0 Å². The summed E-state index contributed by atoms with van der Waals surface area (Å²) in [5, 5.41) is 10.2. The van der Waals surface area contributed by atoms with E-state index in [2.05, 4.69) is 58.3 Å². The Morgan fingerprint density at radius 3 is 2.61 bits per heavy atom. The Morgan fingerprint density at radius 1 is 1.19 bits per heavy atom. The second-order valence-corrected chi connectivity index (χ2v) is 11.9. The van der Waals surface area contributed by atoms with Crippen molar-refractivity contribution in [2.45, 2.75) is 105 Å². The fourth-order valence-corrected chi connectivity index (χ4v) is 7.03. The molecule has 0 saturated heterocycles. The van der Waals surface area contributed by atoms with E-state index in [-0.39, 0.29) is 11.5 Å². The van der Waals surface area contributed by atoms with E-state index in [1.165, 1.54) is 49.8 Å². The van der Waals surface area contributed by atoms with Crippen LogP contribution in [0.25, 0.3) is 0 Å². The normalized spacial score (nSPS) is 36.2. The van der Waals surface area contributed by atoms with Crippen LogP contribution in [-0.2, 0) is 0 Å². The Labute approximate surface area is 192 Å². The van der Waals surface area contributed by atoms with Gasteiger partial charge in [-0.05, 0) is 104 Å². The summed E-state index contributed by atoms with van der Waals surface area (Å²) in [5.41, 5.74) is 5.87. The molecule has 3 fully saturated rings. The van der Waals surface area contributed by atoms with Gasteiger partial charge in [0, 0.05) is 12.8 Å². The second-order valence-electron chi connectivity index (χ2n) is 11.9. The molecule has 1 N–H and O–H groups in total. The maximum Gasteiger partial charge on any atom is 0.0787 e. The molecule has 2 nitrogen and oxygen atoms in total. The van der Waals surface area contributed by atoms with Gasteiger partial charge in [-0.15, -0.1) is 0 Å². The van der Waals surface area contributed by atoms with Crippen LogP contribution in [0.2, 0.25) is 0 Å². The Kier molecular flexibility index (Phi) is 7.72. The summed E-state index contributed by atoms with van der Waals surface area (Å²) < 4.78 is 0. The topological polar surface area (TPSA) is 32.6 Å². The summed E-state index contributed by atoms with van der Waals surface area (Å²) >= 11 is 0. The Balaban J connectivity index is 1.71. The van der Waals surface area contributed by atoms with Crippen molar-refractivity contribution in [1.82, 2.24) is 0 Å². The van der Waals surface area contributed by atoms with Gasteiger partial charge in [0.15, 0.2) is 0 Å². The van der Waals surface area contributed by atoms with Crippen molar-refractivity contribution in [3.8, 4) is 0 Å². The monoisotopic (exact) mass is 425 g/mol. The summed E-state index contributed by atoms with van der Waals surface area (Å²) in [6, 6.07) is 0. The van der Waals surface area contributed by atoms with Gasteiger partial charge >= 0.3 is 0 Å². The number of allylic oxidation sites excluding steroid dienone is 3. The fraction of sp³-hybridized carbons (Fsp3) is 0.759. The van der Waals surface area contributed by atoms with Crippen LogP contribution in [0.5, 0.6) is 0 Å². The van der Waals surface area contributed by atoms with Crippen LogP contribution in [0.15, 0.2) is 40.4 Å². The first-order valence-electron chi connectivity index (χ1n) is 12.8. The summed E-state index contributed by atoms with van der Waals surface area (Å²) in [6.45, 7) is 16.1. The molecule has 3 saturated carbocycles. The number of hydrogen-bond acceptors (Lipinski definition) is 2. The van der Waals surface area contributed by atoms with Gasteiger partial charge in [-0.3, -0.25) is 4.99 Å². The summed E-state index contributed by atoms with van der Waals surface area (Å²) in [5.74, 6) is 2.30. The summed E-state index contributed by atoms with van der Waals surface area (Å²) in [6.07, 6.45) is 16.5. The molecule has 0 aliphatic heterocycles. The average molecular weight is 426 g/mol. The predicted octanol–water partition coefficient (Wildman–Crippen LogP) is 7.69. The molecule has 5 atom stereocenters. The lowest BCUT2D eigenvalue weighted by Gasteiger charge is -2.44. The number of aliphatic hydroxyl groups is 1. The highest BCUT2D eigenvalue weighted by Gasteiger charge is 2.50. The fourth-order valence-electron chi connectivity index (χ4n) is 7.03. The van der Waals surface area contributed by atoms with Gasteiger partial charge in [-0.1, -0.05) is 58.9 Å². The molecule has 0 radical (unpaired) electrons. The number of nitrogens with zero attached hydrogens (tertiary/aromatic N) is 1. The first-order chi connectivity index (χ1) is 14.6. The van der Waals surface area contributed by atoms with Crippen molar-refractivity contribution in [1.29, 1.82) is 0 Å². The van der Waals surface area contributed by atoms with Gasteiger partial charge in [0.25, 0.3) is 0 Å². The lowest BCUT2D eigenvalue weighted by molar-refractivity contribution is 0.0949. The largest absolute Gasteiger partial charge is 0.388 e. The molecule has 0 amide bonds. The standard InChI is InChI=1S/C29H47NO/c1-20(13-18-27(30-7)28(3,4)5)24-16-17-25-23(11-9-19-29(24,25)6)15-14-22-10-8-12-26(31)21(22)2/h14-15,20,24-26,31H,2,8-13,16-19H2,1,3-7H3/b22-14-,23-15+,30-27?/t20-,24?,25?,26+,29-/m1/s1. The van der Waals surface area contributed by atoms with Crippen LogP contribution < -0.4 is 0 Å². The van der Waals surface area contributed by atoms with Crippen molar-refractivity contribution >= 4 is 5.71 Å². The van der Waals surface area contributed by atoms with E-state index in [0.717, 1.165) is 49.0 Å². The first kappa shape index (κ1) is 24.5.